The molecule has 0 unspecified atom stereocenters. The summed E-state index contributed by atoms with van der Waals surface area (Å²) in [4.78, 5) is 0. The van der Waals surface area contributed by atoms with E-state index in [2.05, 4.69) is 47.8 Å². The van der Waals surface area contributed by atoms with Crippen molar-refractivity contribution in [2.24, 2.45) is 0 Å². The highest BCUT2D eigenvalue weighted by Gasteiger charge is 1.97. The van der Waals surface area contributed by atoms with Crippen LogP contribution in [-0.2, 0) is 13.1 Å². The van der Waals surface area contributed by atoms with E-state index in [0.29, 0.717) is 0 Å². The second-order valence-electron chi connectivity index (χ2n) is 4.91. The zero-order valence-electron chi connectivity index (χ0n) is 11.6. The van der Waals surface area contributed by atoms with E-state index in [4.69, 9.17) is 0 Å². The minimum atomic E-state index is -0.191. The zero-order chi connectivity index (χ0) is 13.8. The van der Waals surface area contributed by atoms with Crippen LogP contribution in [-0.4, -0.2) is 0 Å². The summed E-state index contributed by atoms with van der Waals surface area (Å²) in [6, 6.07) is 21.4. The lowest BCUT2D eigenvalue weighted by molar-refractivity contribution is 0.625. The minimum absolute atomic E-state index is 0. The van der Waals surface area contributed by atoms with E-state index in [1.807, 2.05) is 12.1 Å². The van der Waals surface area contributed by atoms with Crippen molar-refractivity contribution in [2.75, 3.05) is 0 Å². The smallest absolute Gasteiger partial charge is 0.123 e. The first-order chi connectivity index (χ1) is 9.81. The fourth-order valence-corrected chi connectivity index (χ4v) is 2.30. The average molecular weight is 302 g/mol. The van der Waals surface area contributed by atoms with Crippen LogP contribution in [0.2, 0.25) is 0 Å². The lowest BCUT2D eigenvalue weighted by atomic mass is 10.1. The maximum Gasteiger partial charge on any atom is 0.123 e. The van der Waals surface area contributed by atoms with Crippen LogP contribution in [0.25, 0.3) is 10.8 Å². The Morgan fingerprint density at radius 1 is 0.714 bits per heavy atom. The van der Waals surface area contributed by atoms with Gasteiger partial charge in [-0.3, -0.25) is 0 Å². The molecule has 0 atom stereocenters. The van der Waals surface area contributed by atoms with Crippen LogP contribution in [0.1, 0.15) is 11.1 Å². The van der Waals surface area contributed by atoms with Crippen molar-refractivity contribution in [3.63, 3.8) is 0 Å². The lowest BCUT2D eigenvalue weighted by Gasteiger charge is -2.06. The second kappa shape index (κ2) is 7.21. The Hall–Kier alpha value is -1.90. The van der Waals surface area contributed by atoms with Gasteiger partial charge in [0.15, 0.2) is 0 Å². The molecule has 0 fully saturated rings. The highest BCUT2D eigenvalue weighted by molar-refractivity contribution is 5.85. The Morgan fingerprint density at radius 2 is 1.33 bits per heavy atom. The Labute approximate surface area is 130 Å². The molecule has 21 heavy (non-hydrogen) atoms. The van der Waals surface area contributed by atoms with Crippen LogP contribution in [0.5, 0.6) is 0 Å². The van der Waals surface area contributed by atoms with Crippen LogP contribution in [0.15, 0.2) is 66.7 Å². The lowest BCUT2D eigenvalue weighted by Crippen LogP contribution is -2.12. The Bertz CT molecular complexity index is 710. The van der Waals surface area contributed by atoms with Gasteiger partial charge in [0.25, 0.3) is 0 Å². The fourth-order valence-electron chi connectivity index (χ4n) is 2.30. The molecule has 0 spiro atoms. The standard InChI is InChI=1S/C18H16FN.ClH/c19-18-9-6-14(7-10-18)12-20-13-15-5-8-16-3-1-2-4-17(16)11-15;/h1-11,20H,12-13H2;1H. The molecule has 3 heteroatoms. The van der Waals surface area contributed by atoms with E-state index < -0.39 is 0 Å². The van der Waals surface area contributed by atoms with Gasteiger partial charge >= 0.3 is 0 Å². The van der Waals surface area contributed by atoms with Crippen LogP contribution in [0.4, 0.5) is 4.39 Å². The molecule has 0 bridgehead atoms. The third-order valence-electron chi connectivity index (χ3n) is 3.39. The summed E-state index contributed by atoms with van der Waals surface area (Å²) in [5, 5.41) is 5.90. The van der Waals surface area contributed by atoms with E-state index in [1.54, 1.807) is 0 Å². The summed E-state index contributed by atoms with van der Waals surface area (Å²) < 4.78 is 12.8. The molecule has 3 aromatic rings. The predicted molar refractivity (Wildman–Crippen MR) is 88.1 cm³/mol. The fraction of sp³-hybridized carbons (Fsp3) is 0.111. The Morgan fingerprint density at radius 3 is 2.10 bits per heavy atom. The first-order valence-electron chi connectivity index (χ1n) is 6.74. The van der Waals surface area contributed by atoms with Gasteiger partial charge in [0.2, 0.25) is 0 Å². The molecule has 0 aromatic heterocycles. The van der Waals surface area contributed by atoms with Crippen LogP contribution < -0.4 is 5.32 Å². The quantitative estimate of drug-likeness (QED) is 0.737. The van der Waals surface area contributed by atoms with Gasteiger partial charge in [0.05, 0.1) is 0 Å². The van der Waals surface area contributed by atoms with E-state index in [0.717, 1.165) is 18.7 Å². The zero-order valence-corrected chi connectivity index (χ0v) is 12.4. The summed E-state index contributed by atoms with van der Waals surface area (Å²) in [5.74, 6) is -0.191. The first-order valence-corrected chi connectivity index (χ1v) is 6.74. The van der Waals surface area contributed by atoms with Gasteiger partial charge in [-0.2, -0.15) is 0 Å². The van der Waals surface area contributed by atoms with E-state index in [-0.39, 0.29) is 18.2 Å². The summed E-state index contributed by atoms with van der Waals surface area (Å²) in [6.45, 7) is 1.55. The van der Waals surface area contributed by atoms with Crippen molar-refractivity contribution in [2.45, 2.75) is 13.1 Å². The number of fused-ring (bicyclic) bond motifs is 1. The number of hydrogen-bond donors (Lipinski definition) is 1. The summed E-state index contributed by atoms with van der Waals surface area (Å²) in [7, 11) is 0. The molecule has 3 rings (SSSR count). The molecule has 0 aliphatic heterocycles. The second-order valence-corrected chi connectivity index (χ2v) is 4.91. The molecule has 0 amide bonds. The maximum atomic E-state index is 12.8. The third-order valence-corrected chi connectivity index (χ3v) is 3.39. The number of nitrogens with one attached hydrogen (secondary N) is 1. The molecule has 0 saturated heterocycles. The monoisotopic (exact) mass is 301 g/mol. The Kier molecular flexibility index (Phi) is 5.32. The molecular weight excluding hydrogens is 285 g/mol. The highest BCUT2D eigenvalue weighted by atomic mass is 35.5. The summed E-state index contributed by atoms with van der Waals surface area (Å²) >= 11 is 0. The molecule has 0 heterocycles. The summed E-state index contributed by atoms with van der Waals surface area (Å²) in [6.07, 6.45) is 0. The van der Waals surface area contributed by atoms with Crippen molar-refractivity contribution in [1.29, 1.82) is 0 Å². The van der Waals surface area contributed by atoms with Crippen molar-refractivity contribution >= 4 is 23.2 Å². The number of benzene rings is 3. The highest BCUT2D eigenvalue weighted by Crippen LogP contribution is 2.15. The van der Waals surface area contributed by atoms with Crippen molar-refractivity contribution in [3.8, 4) is 0 Å². The van der Waals surface area contributed by atoms with Gasteiger partial charge in [-0.1, -0.05) is 48.5 Å². The van der Waals surface area contributed by atoms with E-state index in [1.165, 1.54) is 28.5 Å². The molecule has 0 aliphatic rings. The Balaban J connectivity index is 0.00000161. The maximum absolute atomic E-state index is 12.8. The van der Waals surface area contributed by atoms with Gasteiger partial charge in [0.1, 0.15) is 5.82 Å². The van der Waals surface area contributed by atoms with Gasteiger partial charge < -0.3 is 5.32 Å². The van der Waals surface area contributed by atoms with Crippen molar-refractivity contribution in [1.82, 2.24) is 5.32 Å². The van der Waals surface area contributed by atoms with Crippen LogP contribution in [0, 0.1) is 5.82 Å². The van der Waals surface area contributed by atoms with Crippen molar-refractivity contribution < 1.29 is 4.39 Å². The normalized spacial score (nSPS) is 10.3. The predicted octanol–water partition coefficient (Wildman–Crippen LogP) is 4.69. The molecule has 108 valence electrons. The SMILES string of the molecule is Cl.Fc1ccc(CNCc2ccc3ccccc3c2)cc1. The average Bonchev–Trinajstić information content (AvgIpc) is 2.49. The molecule has 0 radical (unpaired) electrons. The number of rotatable bonds is 4. The van der Waals surface area contributed by atoms with Gasteiger partial charge in [-0.15, -0.1) is 12.4 Å². The van der Waals surface area contributed by atoms with Gasteiger partial charge in [-0.05, 0) is 40.1 Å². The van der Waals surface area contributed by atoms with E-state index in [9.17, 15) is 4.39 Å². The third kappa shape index (κ3) is 4.03. The molecular formula is C18H17ClFN. The molecule has 0 aliphatic carbocycles. The topological polar surface area (TPSA) is 12.0 Å². The number of halogens is 2. The summed E-state index contributed by atoms with van der Waals surface area (Å²) in [5.41, 5.74) is 2.35. The van der Waals surface area contributed by atoms with E-state index >= 15 is 0 Å². The van der Waals surface area contributed by atoms with Gasteiger partial charge in [-0.25, -0.2) is 4.39 Å². The van der Waals surface area contributed by atoms with Crippen LogP contribution in [0.3, 0.4) is 0 Å². The van der Waals surface area contributed by atoms with Gasteiger partial charge in [0, 0.05) is 13.1 Å². The molecule has 1 N–H and O–H groups in total. The largest absolute Gasteiger partial charge is 0.309 e. The number of hydrogen-bond acceptors (Lipinski definition) is 1. The van der Waals surface area contributed by atoms with Crippen molar-refractivity contribution in [3.05, 3.63) is 83.7 Å². The minimum Gasteiger partial charge on any atom is -0.309 e. The van der Waals surface area contributed by atoms with Crippen LogP contribution >= 0.6 is 12.4 Å². The molecule has 0 saturated carbocycles. The molecule has 1 nitrogen and oxygen atoms in total. The first kappa shape index (κ1) is 15.5. The molecule has 3 aromatic carbocycles.